The Bertz CT molecular complexity index is 371. The van der Waals surface area contributed by atoms with E-state index in [2.05, 4.69) is 13.8 Å². The summed E-state index contributed by atoms with van der Waals surface area (Å²) in [5.74, 6) is 0.991. The van der Waals surface area contributed by atoms with Crippen LogP contribution in [0.2, 0.25) is 0 Å². The molecule has 8 heteroatoms. The zero-order chi connectivity index (χ0) is 16.5. The maximum absolute atomic E-state index is 10.7. The van der Waals surface area contributed by atoms with Gasteiger partial charge in [-0.25, -0.2) is 8.42 Å². The topological polar surface area (TPSA) is 61.6 Å². The standard InChI is InChI=1S/C12H25N.CHF3O3S/c1-3-4-5-6-7-9-13-10-8-12(2)11-13;2-1(3,4)8(5,6)7/h12H,3-11H2,1-2H3;(H,5,6,7). The second-order valence-corrected chi connectivity index (χ2v) is 7.03. The van der Waals surface area contributed by atoms with Crippen molar-refractivity contribution in [1.29, 1.82) is 0 Å². The molecule has 1 fully saturated rings. The first-order chi connectivity index (χ1) is 9.58. The molecule has 1 saturated heterocycles. The van der Waals surface area contributed by atoms with E-state index in [9.17, 15) is 13.2 Å². The Labute approximate surface area is 125 Å². The third-order valence-corrected chi connectivity index (χ3v) is 4.11. The lowest BCUT2D eigenvalue weighted by Gasteiger charge is -2.11. The number of unbranched alkanes of at least 4 members (excludes halogenated alkanes) is 4. The average molecular weight is 333 g/mol. The highest BCUT2D eigenvalue weighted by atomic mass is 32.2. The molecule has 0 spiro atoms. The second-order valence-electron chi connectivity index (χ2n) is 5.66. The summed E-state index contributed by atoms with van der Waals surface area (Å²) in [7, 11) is -6.09. The summed E-state index contributed by atoms with van der Waals surface area (Å²) < 4.78 is 58.9. The number of quaternary nitrogens is 1. The first kappa shape index (κ1) is 20.7. The predicted octanol–water partition coefficient (Wildman–Crippen LogP) is 1.93. The van der Waals surface area contributed by atoms with E-state index in [4.69, 9.17) is 13.0 Å². The molecule has 2 atom stereocenters. The Hall–Kier alpha value is -0.340. The minimum absolute atomic E-state index is 0.991. The van der Waals surface area contributed by atoms with Crippen LogP contribution in [0.3, 0.4) is 0 Å². The molecule has 0 aromatic carbocycles. The van der Waals surface area contributed by atoms with Crippen LogP contribution in [0.4, 0.5) is 13.2 Å². The minimum Gasteiger partial charge on any atom is -0.741 e. The van der Waals surface area contributed by atoms with Crippen LogP contribution < -0.4 is 4.90 Å². The first-order valence-corrected chi connectivity index (χ1v) is 8.84. The van der Waals surface area contributed by atoms with E-state index in [-0.39, 0.29) is 0 Å². The maximum atomic E-state index is 10.7. The second kappa shape index (κ2) is 9.63. The van der Waals surface area contributed by atoms with Gasteiger partial charge in [0, 0.05) is 12.3 Å². The largest absolute Gasteiger partial charge is 0.741 e. The first-order valence-electron chi connectivity index (χ1n) is 7.43. The zero-order valence-corrected chi connectivity index (χ0v) is 13.5. The monoisotopic (exact) mass is 333 g/mol. The summed E-state index contributed by atoms with van der Waals surface area (Å²) in [4.78, 5) is 1.86. The van der Waals surface area contributed by atoms with Crippen molar-refractivity contribution in [3.05, 3.63) is 0 Å². The van der Waals surface area contributed by atoms with Crippen LogP contribution in [0.1, 0.15) is 52.4 Å². The molecule has 4 nitrogen and oxygen atoms in total. The molecule has 0 amide bonds. The molecule has 0 aromatic rings. The molecule has 128 valence electrons. The molecule has 1 aliphatic rings. The van der Waals surface area contributed by atoms with Gasteiger partial charge in [0.15, 0.2) is 10.1 Å². The SMILES string of the molecule is CCCCCCC[NH+]1CCC(C)C1.O=S(=O)([O-])C(F)(F)F. The van der Waals surface area contributed by atoms with Crippen molar-refractivity contribution in [2.24, 2.45) is 5.92 Å². The van der Waals surface area contributed by atoms with Crippen molar-refractivity contribution in [2.75, 3.05) is 19.6 Å². The van der Waals surface area contributed by atoms with Crippen LogP contribution in [0.25, 0.3) is 0 Å². The van der Waals surface area contributed by atoms with Gasteiger partial charge in [-0.05, 0) is 12.8 Å². The Balaban J connectivity index is 0.000000433. The Morgan fingerprint density at radius 3 is 2.10 bits per heavy atom. The molecule has 0 bridgehead atoms. The van der Waals surface area contributed by atoms with E-state index in [1.165, 1.54) is 58.2 Å². The molecule has 0 radical (unpaired) electrons. The highest BCUT2D eigenvalue weighted by molar-refractivity contribution is 7.86. The summed E-state index contributed by atoms with van der Waals surface area (Å²) in [6.07, 6.45) is 8.65. The number of nitrogens with one attached hydrogen (secondary N) is 1. The van der Waals surface area contributed by atoms with Gasteiger partial charge in [0.25, 0.3) is 0 Å². The Kier molecular flexibility index (Phi) is 9.48. The van der Waals surface area contributed by atoms with E-state index in [1.807, 2.05) is 4.90 Å². The number of likely N-dealkylation sites (tertiary alicyclic amines) is 1. The van der Waals surface area contributed by atoms with Crippen LogP contribution in [-0.4, -0.2) is 38.1 Å². The molecule has 0 saturated carbocycles. The molecule has 1 N–H and O–H groups in total. The van der Waals surface area contributed by atoms with Gasteiger partial charge in [-0.2, -0.15) is 13.2 Å². The van der Waals surface area contributed by atoms with Gasteiger partial charge in [0.1, 0.15) is 0 Å². The van der Waals surface area contributed by atoms with Crippen molar-refractivity contribution in [1.82, 2.24) is 0 Å². The number of alkyl halides is 3. The molecule has 0 aliphatic carbocycles. The van der Waals surface area contributed by atoms with E-state index >= 15 is 0 Å². The van der Waals surface area contributed by atoms with Gasteiger partial charge in [-0.3, -0.25) is 0 Å². The maximum Gasteiger partial charge on any atom is 0.485 e. The van der Waals surface area contributed by atoms with Crippen LogP contribution in [-0.2, 0) is 10.1 Å². The fourth-order valence-corrected chi connectivity index (χ4v) is 2.35. The van der Waals surface area contributed by atoms with E-state index in [0.717, 1.165) is 5.92 Å². The van der Waals surface area contributed by atoms with Gasteiger partial charge < -0.3 is 9.45 Å². The number of hydrogen-bond donors (Lipinski definition) is 1. The Morgan fingerprint density at radius 1 is 1.19 bits per heavy atom. The number of rotatable bonds is 6. The molecule has 0 aromatic heterocycles. The molecule has 1 aliphatic heterocycles. The van der Waals surface area contributed by atoms with Crippen molar-refractivity contribution < 1.29 is 31.0 Å². The summed E-state index contributed by atoms with van der Waals surface area (Å²) in [5.41, 5.74) is -5.65. The quantitative estimate of drug-likeness (QED) is 0.459. The van der Waals surface area contributed by atoms with Crippen molar-refractivity contribution >= 4 is 10.1 Å². The van der Waals surface area contributed by atoms with E-state index in [0.29, 0.717) is 0 Å². The van der Waals surface area contributed by atoms with Gasteiger partial charge in [-0.1, -0.05) is 33.1 Å². The number of halogens is 3. The Morgan fingerprint density at radius 2 is 1.71 bits per heavy atom. The summed E-state index contributed by atoms with van der Waals surface area (Å²) in [6.45, 7) is 8.99. The molecule has 2 unspecified atom stereocenters. The average Bonchev–Trinajstić information content (AvgIpc) is 2.73. The van der Waals surface area contributed by atoms with E-state index < -0.39 is 15.6 Å². The minimum atomic E-state index is -6.09. The molecule has 21 heavy (non-hydrogen) atoms. The fourth-order valence-electron chi connectivity index (χ4n) is 2.35. The van der Waals surface area contributed by atoms with Gasteiger partial charge >= 0.3 is 5.51 Å². The molecule has 1 rings (SSSR count). The summed E-state index contributed by atoms with van der Waals surface area (Å²) in [5, 5.41) is 0. The van der Waals surface area contributed by atoms with Crippen LogP contribution in [0.15, 0.2) is 0 Å². The fraction of sp³-hybridized carbons (Fsp3) is 1.00. The molecule has 1 heterocycles. The third kappa shape index (κ3) is 10.1. The summed E-state index contributed by atoms with van der Waals surface area (Å²) >= 11 is 0. The zero-order valence-electron chi connectivity index (χ0n) is 12.7. The lowest BCUT2D eigenvalue weighted by atomic mass is 10.1. The van der Waals surface area contributed by atoms with Crippen LogP contribution >= 0.6 is 0 Å². The summed E-state index contributed by atoms with van der Waals surface area (Å²) in [6, 6.07) is 0. The normalized spacial score (nSPS) is 22.8. The smallest absolute Gasteiger partial charge is 0.485 e. The van der Waals surface area contributed by atoms with E-state index in [1.54, 1.807) is 0 Å². The van der Waals surface area contributed by atoms with Crippen molar-refractivity contribution in [3.63, 3.8) is 0 Å². The van der Waals surface area contributed by atoms with Crippen LogP contribution in [0.5, 0.6) is 0 Å². The highest BCUT2D eigenvalue weighted by Gasteiger charge is 2.36. The molecular weight excluding hydrogens is 307 g/mol. The number of hydrogen-bond acceptors (Lipinski definition) is 3. The lowest BCUT2D eigenvalue weighted by molar-refractivity contribution is -0.889. The van der Waals surface area contributed by atoms with Crippen LogP contribution in [0, 0.1) is 5.92 Å². The van der Waals surface area contributed by atoms with Gasteiger partial charge in [-0.15, -0.1) is 0 Å². The van der Waals surface area contributed by atoms with Gasteiger partial charge in [0.05, 0.1) is 19.6 Å². The van der Waals surface area contributed by atoms with Gasteiger partial charge in [0.2, 0.25) is 0 Å². The van der Waals surface area contributed by atoms with Crippen molar-refractivity contribution in [2.45, 2.75) is 57.9 Å². The third-order valence-electron chi connectivity index (χ3n) is 3.55. The molecular formula is C13H26F3NO3S. The lowest BCUT2D eigenvalue weighted by Crippen LogP contribution is -3.10. The predicted molar refractivity (Wildman–Crippen MR) is 73.9 cm³/mol. The highest BCUT2D eigenvalue weighted by Crippen LogP contribution is 2.20. The van der Waals surface area contributed by atoms with Crippen molar-refractivity contribution in [3.8, 4) is 0 Å².